The van der Waals surface area contributed by atoms with Crippen LogP contribution in [0, 0.1) is 11.8 Å². The molecule has 0 aromatic heterocycles. The van der Waals surface area contributed by atoms with Crippen molar-refractivity contribution in [3.63, 3.8) is 0 Å². The van der Waals surface area contributed by atoms with Crippen LogP contribution in [0.25, 0.3) is 0 Å². The Morgan fingerprint density at radius 3 is 2.50 bits per heavy atom. The largest absolute Gasteiger partial charge is 0.353 e. The Balaban J connectivity index is 2.24. The lowest BCUT2D eigenvalue weighted by Crippen LogP contribution is -2.37. The summed E-state index contributed by atoms with van der Waals surface area (Å²) in [6.07, 6.45) is 3.32. The van der Waals surface area contributed by atoms with Crippen LogP contribution >= 0.6 is 0 Å². The zero-order chi connectivity index (χ0) is 9.14. The molecule has 0 aromatic carbocycles. The summed E-state index contributed by atoms with van der Waals surface area (Å²) in [4.78, 5) is 11.3. The second-order valence-electron chi connectivity index (χ2n) is 3.96. The van der Waals surface area contributed by atoms with Gasteiger partial charge in [-0.25, -0.2) is 0 Å². The fourth-order valence-electron chi connectivity index (χ4n) is 1.18. The maximum Gasteiger partial charge on any atom is 0.223 e. The highest BCUT2D eigenvalue weighted by atomic mass is 16.2. The van der Waals surface area contributed by atoms with Gasteiger partial charge in [-0.2, -0.15) is 0 Å². The van der Waals surface area contributed by atoms with E-state index in [4.69, 9.17) is 0 Å². The summed E-state index contributed by atoms with van der Waals surface area (Å²) < 4.78 is 0. The van der Waals surface area contributed by atoms with Crippen LogP contribution in [0.3, 0.4) is 0 Å². The number of carbonyl (C=O) groups excluding carboxylic acids is 1. The van der Waals surface area contributed by atoms with Crippen molar-refractivity contribution in [1.82, 2.24) is 5.32 Å². The quantitative estimate of drug-likeness (QED) is 0.684. The van der Waals surface area contributed by atoms with Gasteiger partial charge in [-0.05, 0) is 25.7 Å². The molecule has 1 fully saturated rings. The van der Waals surface area contributed by atoms with Crippen LogP contribution in [0.4, 0.5) is 0 Å². The molecule has 0 aromatic rings. The molecule has 2 unspecified atom stereocenters. The molecule has 1 N–H and O–H groups in total. The van der Waals surface area contributed by atoms with Gasteiger partial charge >= 0.3 is 0 Å². The number of amides is 1. The van der Waals surface area contributed by atoms with Crippen molar-refractivity contribution >= 4 is 5.91 Å². The van der Waals surface area contributed by atoms with Gasteiger partial charge in [0.25, 0.3) is 0 Å². The van der Waals surface area contributed by atoms with E-state index < -0.39 is 0 Å². The van der Waals surface area contributed by atoms with Crippen molar-refractivity contribution < 1.29 is 4.79 Å². The van der Waals surface area contributed by atoms with Crippen molar-refractivity contribution in [2.75, 3.05) is 0 Å². The van der Waals surface area contributed by atoms with E-state index in [2.05, 4.69) is 26.1 Å². The normalized spacial score (nSPS) is 21.6. The molecule has 0 radical (unpaired) electrons. The SMILES string of the molecule is CCC(C)C(C)NC(=O)C1CC1. The maximum absolute atomic E-state index is 11.3. The topological polar surface area (TPSA) is 29.1 Å². The molecule has 1 aliphatic rings. The van der Waals surface area contributed by atoms with E-state index in [-0.39, 0.29) is 5.91 Å². The smallest absolute Gasteiger partial charge is 0.223 e. The van der Waals surface area contributed by atoms with Gasteiger partial charge in [0.05, 0.1) is 0 Å². The van der Waals surface area contributed by atoms with Gasteiger partial charge in [0.15, 0.2) is 0 Å². The van der Waals surface area contributed by atoms with E-state index in [0.29, 0.717) is 17.9 Å². The molecule has 2 nitrogen and oxygen atoms in total. The number of carbonyl (C=O) groups is 1. The van der Waals surface area contributed by atoms with E-state index in [1.807, 2.05) is 0 Å². The molecule has 1 amide bonds. The third-order valence-corrected chi connectivity index (χ3v) is 2.82. The molecule has 0 saturated heterocycles. The Morgan fingerprint density at radius 2 is 2.08 bits per heavy atom. The third kappa shape index (κ3) is 2.50. The number of hydrogen-bond acceptors (Lipinski definition) is 1. The van der Waals surface area contributed by atoms with Gasteiger partial charge in [0.1, 0.15) is 0 Å². The van der Waals surface area contributed by atoms with Gasteiger partial charge < -0.3 is 5.32 Å². The minimum atomic E-state index is 0.266. The molecule has 2 heteroatoms. The molecule has 1 saturated carbocycles. The molecule has 0 spiro atoms. The fourth-order valence-corrected chi connectivity index (χ4v) is 1.18. The standard InChI is InChI=1S/C10H19NO/c1-4-7(2)8(3)11-10(12)9-5-6-9/h7-9H,4-6H2,1-3H3,(H,11,12). The lowest BCUT2D eigenvalue weighted by molar-refractivity contribution is -0.123. The molecule has 1 aliphatic carbocycles. The van der Waals surface area contributed by atoms with E-state index in [1.54, 1.807) is 0 Å². The molecular formula is C10H19NO. The van der Waals surface area contributed by atoms with Crippen molar-refractivity contribution in [3.05, 3.63) is 0 Å². The second kappa shape index (κ2) is 3.92. The zero-order valence-electron chi connectivity index (χ0n) is 8.26. The van der Waals surface area contributed by atoms with Crippen LogP contribution in [0.15, 0.2) is 0 Å². The summed E-state index contributed by atoms with van der Waals surface area (Å²) in [5.74, 6) is 1.20. The molecule has 70 valence electrons. The Labute approximate surface area is 74.7 Å². The predicted octanol–water partition coefficient (Wildman–Crippen LogP) is 1.95. The molecular weight excluding hydrogens is 150 g/mol. The van der Waals surface area contributed by atoms with Gasteiger partial charge in [-0.15, -0.1) is 0 Å². The average molecular weight is 169 g/mol. The predicted molar refractivity (Wildman–Crippen MR) is 49.8 cm³/mol. The summed E-state index contributed by atoms with van der Waals surface area (Å²) in [7, 11) is 0. The first-order chi connectivity index (χ1) is 5.65. The van der Waals surface area contributed by atoms with Crippen molar-refractivity contribution in [1.29, 1.82) is 0 Å². The van der Waals surface area contributed by atoms with Gasteiger partial charge in [-0.1, -0.05) is 20.3 Å². The monoisotopic (exact) mass is 169 g/mol. The van der Waals surface area contributed by atoms with E-state index in [1.165, 1.54) is 0 Å². The lowest BCUT2D eigenvalue weighted by atomic mass is 10.0. The van der Waals surface area contributed by atoms with Crippen molar-refractivity contribution in [2.24, 2.45) is 11.8 Å². The van der Waals surface area contributed by atoms with Crippen LogP contribution < -0.4 is 5.32 Å². The van der Waals surface area contributed by atoms with E-state index in [9.17, 15) is 4.79 Å². The first-order valence-corrected chi connectivity index (χ1v) is 4.95. The summed E-state index contributed by atoms with van der Waals surface area (Å²) in [5.41, 5.74) is 0. The minimum absolute atomic E-state index is 0.266. The molecule has 0 heterocycles. The number of hydrogen-bond donors (Lipinski definition) is 1. The first-order valence-electron chi connectivity index (χ1n) is 4.95. The highest BCUT2D eigenvalue weighted by Gasteiger charge is 2.30. The van der Waals surface area contributed by atoms with Crippen LogP contribution in [-0.2, 0) is 4.79 Å². The molecule has 2 atom stereocenters. The van der Waals surface area contributed by atoms with Crippen LogP contribution in [0.5, 0.6) is 0 Å². The molecule has 12 heavy (non-hydrogen) atoms. The summed E-state index contributed by atoms with van der Waals surface area (Å²) in [5, 5.41) is 3.05. The maximum atomic E-state index is 11.3. The summed E-state index contributed by atoms with van der Waals surface area (Å²) >= 11 is 0. The van der Waals surface area contributed by atoms with Gasteiger partial charge in [0, 0.05) is 12.0 Å². The number of nitrogens with one attached hydrogen (secondary N) is 1. The lowest BCUT2D eigenvalue weighted by Gasteiger charge is -2.19. The Bertz CT molecular complexity index is 163. The van der Waals surface area contributed by atoms with Crippen LogP contribution in [0.1, 0.15) is 40.0 Å². The Hall–Kier alpha value is -0.530. The number of rotatable bonds is 4. The van der Waals surface area contributed by atoms with E-state index >= 15 is 0 Å². The molecule has 0 bridgehead atoms. The third-order valence-electron chi connectivity index (χ3n) is 2.82. The summed E-state index contributed by atoms with van der Waals surface area (Å²) in [6.45, 7) is 6.43. The van der Waals surface area contributed by atoms with Crippen LogP contribution in [0.2, 0.25) is 0 Å². The minimum Gasteiger partial charge on any atom is -0.353 e. The van der Waals surface area contributed by atoms with Gasteiger partial charge in [-0.3, -0.25) is 4.79 Å². The highest BCUT2D eigenvalue weighted by Crippen LogP contribution is 2.29. The van der Waals surface area contributed by atoms with Gasteiger partial charge in [0.2, 0.25) is 5.91 Å². The zero-order valence-corrected chi connectivity index (χ0v) is 8.26. The van der Waals surface area contributed by atoms with Crippen LogP contribution in [-0.4, -0.2) is 11.9 Å². The molecule has 1 rings (SSSR count). The van der Waals surface area contributed by atoms with Crippen molar-refractivity contribution in [3.8, 4) is 0 Å². The second-order valence-corrected chi connectivity index (χ2v) is 3.96. The summed E-state index contributed by atoms with van der Waals surface area (Å²) in [6, 6.07) is 0.336. The fraction of sp³-hybridized carbons (Fsp3) is 0.900. The molecule has 0 aliphatic heterocycles. The Kier molecular flexibility index (Phi) is 3.12. The highest BCUT2D eigenvalue weighted by molar-refractivity contribution is 5.81. The Morgan fingerprint density at radius 1 is 1.50 bits per heavy atom. The van der Waals surface area contributed by atoms with E-state index in [0.717, 1.165) is 19.3 Å². The first kappa shape index (κ1) is 9.56. The average Bonchev–Trinajstić information content (AvgIpc) is 2.84. The van der Waals surface area contributed by atoms with Crippen molar-refractivity contribution in [2.45, 2.75) is 46.1 Å².